The first kappa shape index (κ1) is 20.1. The van der Waals surface area contributed by atoms with E-state index >= 15 is 0 Å². The van der Waals surface area contributed by atoms with Crippen molar-refractivity contribution < 1.29 is 30.7 Å². The van der Waals surface area contributed by atoms with E-state index in [9.17, 15) is 21.6 Å². The molecule has 3 heterocycles. The Morgan fingerprint density at radius 3 is 2.68 bits per heavy atom. The zero-order valence-corrected chi connectivity index (χ0v) is 15.5. The molecule has 0 amide bonds. The first-order valence-electron chi connectivity index (χ1n) is 7.84. The Balaban J connectivity index is 1.85. The van der Waals surface area contributed by atoms with Gasteiger partial charge in [-0.25, -0.2) is 8.42 Å². The van der Waals surface area contributed by atoms with Gasteiger partial charge in [0.1, 0.15) is 11.4 Å². The van der Waals surface area contributed by atoms with Crippen LogP contribution in [-0.4, -0.2) is 42.1 Å². The number of aryl methyl sites for hydroxylation is 1. The number of hydrogen-bond acceptors (Lipinski definition) is 6. The van der Waals surface area contributed by atoms with Gasteiger partial charge in [0, 0.05) is 20.4 Å². The van der Waals surface area contributed by atoms with E-state index < -0.39 is 33.0 Å². The molecule has 3 rings (SSSR count). The number of hydrogen-bond donors (Lipinski definition) is 2. The van der Waals surface area contributed by atoms with Gasteiger partial charge in [-0.15, -0.1) is 0 Å². The Hall–Kier alpha value is -2.64. The molecule has 0 saturated carbocycles. The van der Waals surface area contributed by atoms with Crippen LogP contribution in [0, 0.1) is 0 Å². The van der Waals surface area contributed by atoms with Crippen LogP contribution < -0.4 is 4.72 Å². The van der Waals surface area contributed by atoms with Gasteiger partial charge in [-0.05, 0) is 24.3 Å². The van der Waals surface area contributed by atoms with Crippen molar-refractivity contribution in [1.29, 1.82) is 0 Å². The van der Waals surface area contributed by atoms with Crippen molar-refractivity contribution in [1.82, 2.24) is 24.7 Å². The lowest BCUT2D eigenvalue weighted by Gasteiger charge is -2.17. The van der Waals surface area contributed by atoms with E-state index in [-0.39, 0.29) is 18.1 Å². The van der Waals surface area contributed by atoms with Gasteiger partial charge >= 0.3 is 6.18 Å². The molecule has 1 atom stereocenters. The predicted octanol–water partition coefficient (Wildman–Crippen LogP) is 2.09. The van der Waals surface area contributed by atoms with Crippen LogP contribution in [0.4, 0.5) is 13.2 Å². The molecule has 2 N–H and O–H groups in total. The molecule has 0 bridgehead atoms. The maximum atomic E-state index is 12.7. The molecular formula is C15H16F3N5O4S. The molecule has 1 unspecified atom stereocenters. The molecule has 13 heteroatoms. The minimum atomic E-state index is -4.61. The quantitative estimate of drug-likeness (QED) is 0.606. The molecule has 0 spiro atoms. The highest BCUT2D eigenvalue weighted by Crippen LogP contribution is 2.31. The first-order chi connectivity index (χ1) is 13.1. The van der Waals surface area contributed by atoms with E-state index in [4.69, 9.17) is 9.15 Å². The fourth-order valence-electron chi connectivity index (χ4n) is 2.51. The van der Waals surface area contributed by atoms with Gasteiger partial charge < -0.3 is 9.15 Å². The molecule has 0 fully saturated rings. The average Bonchev–Trinajstić information content (AvgIpc) is 3.33. The number of aromatic nitrogens is 4. The molecular weight excluding hydrogens is 403 g/mol. The van der Waals surface area contributed by atoms with Crippen molar-refractivity contribution in [3.05, 3.63) is 41.9 Å². The smallest absolute Gasteiger partial charge is 0.432 e. The number of aromatic amines is 1. The van der Waals surface area contributed by atoms with E-state index in [0.29, 0.717) is 5.69 Å². The molecule has 3 aromatic heterocycles. The van der Waals surface area contributed by atoms with E-state index in [2.05, 4.69) is 14.9 Å². The van der Waals surface area contributed by atoms with Crippen molar-refractivity contribution in [3.8, 4) is 11.5 Å². The number of sulfonamides is 1. The standard InChI is InChI=1S/C15H16F3N5O4S/c1-23-11(5-6-19-23)10(8-26-2)22-28(24,25)14-4-3-12(27-14)9-7-13(21-20-9)15(16,17)18/h3-7,10,22H,8H2,1-2H3,(H,20,21). The summed E-state index contributed by atoms with van der Waals surface area (Å²) < 4.78 is 77.5. The zero-order chi connectivity index (χ0) is 20.5. The summed E-state index contributed by atoms with van der Waals surface area (Å²) in [7, 11) is -1.07. The number of ether oxygens (including phenoxy) is 1. The summed E-state index contributed by atoms with van der Waals surface area (Å²) in [4.78, 5) is 0. The largest absolute Gasteiger partial charge is 0.442 e. The van der Waals surface area contributed by atoms with Gasteiger partial charge in [0.15, 0.2) is 5.76 Å². The lowest BCUT2D eigenvalue weighted by Crippen LogP contribution is -2.32. The topological polar surface area (TPSA) is 115 Å². The average molecular weight is 419 g/mol. The third-order valence-corrected chi connectivity index (χ3v) is 5.17. The van der Waals surface area contributed by atoms with Crippen molar-refractivity contribution in [2.24, 2.45) is 7.05 Å². The number of methoxy groups -OCH3 is 1. The molecule has 28 heavy (non-hydrogen) atoms. The van der Waals surface area contributed by atoms with Crippen LogP contribution >= 0.6 is 0 Å². The van der Waals surface area contributed by atoms with E-state index in [1.165, 1.54) is 24.1 Å². The van der Waals surface area contributed by atoms with Crippen molar-refractivity contribution in [3.63, 3.8) is 0 Å². The lowest BCUT2D eigenvalue weighted by molar-refractivity contribution is -0.141. The van der Waals surface area contributed by atoms with E-state index in [0.717, 1.165) is 12.1 Å². The van der Waals surface area contributed by atoms with Crippen LogP contribution in [-0.2, 0) is 28.0 Å². The fraction of sp³-hybridized carbons (Fsp3) is 0.333. The minimum Gasteiger partial charge on any atom is -0.442 e. The van der Waals surface area contributed by atoms with Crippen LogP contribution in [0.1, 0.15) is 17.4 Å². The number of furan rings is 1. The molecule has 0 saturated heterocycles. The van der Waals surface area contributed by atoms with E-state index in [1.54, 1.807) is 13.1 Å². The Morgan fingerprint density at radius 1 is 1.36 bits per heavy atom. The number of H-pyrrole nitrogens is 1. The van der Waals surface area contributed by atoms with Crippen molar-refractivity contribution in [2.45, 2.75) is 17.3 Å². The minimum absolute atomic E-state index is 0.0284. The van der Waals surface area contributed by atoms with Crippen LogP contribution in [0.15, 0.2) is 40.0 Å². The Kier molecular flexibility index (Phi) is 5.32. The highest BCUT2D eigenvalue weighted by Gasteiger charge is 2.34. The monoisotopic (exact) mass is 419 g/mol. The van der Waals surface area contributed by atoms with Gasteiger partial charge in [-0.1, -0.05) is 0 Å². The second-order valence-corrected chi connectivity index (χ2v) is 7.44. The number of nitrogens with one attached hydrogen (secondary N) is 2. The summed E-state index contributed by atoms with van der Waals surface area (Å²) in [6.45, 7) is 0.0284. The molecule has 0 aromatic carbocycles. The first-order valence-corrected chi connectivity index (χ1v) is 9.32. The molecule has 0 radical (unpaired) electrons. The zero-order valence-electron chi connectivity index (χ0n) is 14.7. The summed E-state index contributed by atoms with van der Waals surface area (Å²) in [6.07, 6.45) is -3.10. The highest BCUT2D eigenvalue weighted by molar-refractivity contribution is 7.89. The number of alkyl halides is 3. The fourth-order valence-corrected chi connectivity index (χ4v) is 3.64. The molecule has 152 valence electrons. The number of rotatable bonds is 7. The van der Waals surface area contributed by atoms with Gasteiger partial charge in [-0.3, -0.25) is 9.78 Å². The lowest BCUT2D eigenvalue weighted by atomic mass is 10.2. The summed E-state index contributed by atoms with van der Waals surface area (Å²) in [5.41, 5.74) is -0.689. The van der Waals surface area contributed by atoms with Gasteiger partial charge in [0.25, 0.3) is 10.0 Å². The predicted molar refractivity (Wildman–Crippen MR) is 89.4 cm³/mol. The van der Waals surface area contributed by atoms with Crippen LogP contribution in [0.5, 0.6) is 0 Å². The molecule has 9 nitrogen and oxygen atoms in total. The maximum absolute atomic E-state index is 12.7. The van der Waals surface area contributed by atoms with Crippen molar-refractivity contribution >= 4 is 10.0 Å². The second kappa shape index (κ2) is 7.41. The molecule has 0 aliphatic heterocycles. The summed E-state index contributed by atoms with van der Waals surface area (Å²) >= 11 is 0. The summed E-state index contributed by atoms with van der Waals surface area (Å²) in [5, 5.41) is 8.86. The third kappa shape index (κ3) is 4.10. The van der Waals surface area contributed by atoms with Crippen LogP contribution in [0.25, 0.3) is 11.5 Å². The summed E-state index contributed by atoms with van der Waals surface area (Å²) in [5.74, 6) is -0.129. The Bertz CT molecular complexity index is 1050. The van der Waals surface area contributed by atoms with Crippen LogP contribution in [0.3, 0.4) is 0 Å². The SMILES string of the molecule is COCC(NS(=O)(=O)c1ccc(-c2cc(C(F)(F)F)[nH]n2)o1)c1ccnn1C. The maximum Gasteiger partial charge on any atom is 0.432 e. The van der Waals surface area contributed by atoms with Gasteiger partial charge in [0.2, 0.25) is 5.09 Å². The molecule has 3 aromatic rings. The van der Waals surface area contributed by atoms with Gasteiger partial charge in [0.05, 0.1) is 18.3 Å². The number of nitrogens with zero attached hydrogens (tertiary/aromatic N) is 3. The van der Waals surface area contributed by atoms with E-state index in [1.807, 2.05) is 5.10 Å². The Morgan fingerprint density at radius 2 is 2.11 bits per heavy atom. The van der Waals surface area contributed by atoms with Crippen molar-refractivity contribution in [2.75, 3.05) is 13.7 Å². The number of halogens is 3. The molecule has 0 aliphatic carbocycles. The van der Waals surface area contributed by atoms with Gasteiger partial charge in [-0.2, -0.15) is 28.1 Å². The second-order valence-electron chi connectivity index (χ2n) is 5.79. The van der Waals surface area contributed by atoms with Crippen LogP contribution in [0.2, 0.25) is 0 Å². The molecule has 0 aliphatic rings. The normalized spacial score (nSPS) is 13.8. The summed E-state index contributed by atoms with van der Waals surface area (Å²) in [6, 6.07) is 3.96. The Labute approximate surface area is 157 Å². The highest BCUT2D eigenvalue weighted by atomic mass is 32.2. The third-order valence-electron chi connectivity index (χ3n) is 3.83.